The van der Waals surface area contributed by atoms with Gasteiger partial charge in [0.1, 0.15) is 18.1 Å². The minimum Gasteiger partial charge on any atom is -0.487 e. The zero-order valence-electron chi connectivity index (χ0n) is 12.8. The van der Waals surface area contributed by atoms with Crippen LogP contribution in [0, 0.1) is 13.8 Å². The Kier molecular flexibility index (Phi) is 3.63. The van der Waals surface area contributed by atoms with E-state index in [2.05, 4.69) is 10.2 Å². The van der Waals surface area contributed by atoms with Gasteiger partial charge in [-0.05, 0) is 43.2 Å². The van der Waals surface area contributed by atoms with Crippen LogP contribution in [-0.2, 0) is 13.7 Å². The first kappa shape index (κ1) is 14.3. The van der Waals surface area contributed by atoms with Crippen molar-refractivity contribution >= 4 is 10.9 Å². The fraction of sp³-hybridized carbons (Fsp3) is 0.235. The lowest BCUT2D eigenvalue weighted by atomic mass is 10.1. The van der Waals surface area contributed by atoms with E-state index < -0.39 is 0 Å². The second-order valence-electron chi connectivity index (χ2n) is 5.35. The monoisotopic (exact) mass is 295 g/mol. The Bertz CT molecular complexity index is 900. The summed E-state index contributed by atoms with van der Waals surface area (Å²) in [5.41, 5.74) is 3.65. The van der Waals surface area contributed by atoms with Crippen LogP contribution >= 0.6 is 0 Å². The quantitative estimate of drug-likeness (QED) is 0.745. The van der Waals surface area contributed by atoms with E-state index in [0.717, 1.165) is 27.7 Å². The van der Waals surface area contributed by atoms with Gasteiger partial charge in [-0.15, -0.1) is 0 Å². The van der Waals surface area contributed by atoms with E-state index in [1.807, 2.05) is 38.1 Å². The van der Waals surface area contributed by atoms with E-state index in [0.29, 0.717) is 12.4 Å². The van der Waals surface area contributed by atoms with Crippen molar-refractivity contribution in [3.8, 4) is 5.75 Å². The molecule has 0 fully saturated rings. The fourth-order valence-corrected chi connectivity index (χ4v) is 2.41. The number of benzene rings is 1. The van der Waals surface area contributed by atoms with Gasteiger partial charge in [0.15, 0.2) is 0 Å². The molecule has 0 saturated carbocycles. The zero-order chi connectivity index (χ0) is 15.7. The summed E-state index contributed by atoms with van der Waals surface area (Å²) in [7, 11) is 1.76. The van der Waals surface area contributed by atoms with Crippen molar-refractivity contribution in [3.05, 3.63) is 63.7 Å². The Morgan fingerprint density at radius 3 is 2.73 bits per heavy atom. The molecule has 3 aromatic rings. The van der Waals surface area contributed by atoms with E-state index in [-0.39, 0.29) is 5.56 Å². The lowest BCUT2D eigenvalue weighted by molar-refractivity contribution is 0.299. The van der Waals surface area contributed by atoms with Gasteiger partial charge in [0, 0.05) is 30.8 Å². The van der Waals surface area contributed by atoms with Gasteiger partial charge in [-0.1, -0.05) is 0 Å². The molecule has 0 bridgehead atoms. The lowest BCUT2D eigenvalue weighted by Crippen LogP contribution is -2.16. The number of aromatic nitrogens is 3. The van der Waals surface area contributed by atoms with Crippen molar-refractivity contribution in [2.24, 2.45) is 7.05 Å². The molecule has 0 unspecified atom stereocenters. The maximum absolute atomic E-state index is 11.9. The van der Waals surface area contributed by atoms with Crippen LogP contribution in [0.1, 0.15) is 16.8 Å². The van der Waals surface area contributed by atoms with Crippen molar-refractivity contribution in [2.75, 3.05) is 0 Å². The van der Waals surface area contributed by atoms with Crippen LogP contribution in [-0.4, -0.2) is 14.8 Å². The highest BCUT2D eigenvalue weighted by atomic mass is 16.5. The van der Waals surface area contributed by atoms with Crippen LogP contribution < -0.4 is 10.3 Å². The highest BCUT2D eigenvalue weighted by molar-refractivity contribution is 5.83. The van der Waals surface area contributed by atoms with E-state index >= 15 is 0 Å². The molecule has 0 amide bonds. The van der Waals surface area contributed by atoms with Crippen molar-refractivity contribution < 1.29 is 4.74 Å². The Labute approximate surface area is 128 Å². The minimum atomic E-state index is -0.0214. The van der Waals surface area contributed by atoms with Gasteiger partial charge in [0.25, 0.3) is 5.56 Å². The van der Waals surface area contributed by atoms with Crippen LogP contribution in [0.15, 0.2) is 41.3 Å². The predicted octanol–water partition coefficient (Wildman–Crippen LogP) is 2.52. The third-order valence-corrected chi connectivity index (χ3v) is 3.83. The average Bonchev–Trinajstić information content (AvgIpc) is 2.52. The number of nitrogens with zero attached hydrogens (tertiary/aromatic N) is 3. The Morgan fingerprint density at radius 2 is 1.95 bits per heavy atom. The summed E-state index contributed by atoms with van der Waals surface area (Å²) >= 11 is 0. The molecule has 0 N–H and O–H groups in total. The number of rotatable bonds is 3. The summed E-state index contributed by atoms with van der Waals surface area (Å²) in [5.74, 6) is 0.707. The molecule has 5 nitrogen and oxygen atoms in total. The van der Waals surface area contributed by atoms with Crippen molar-refractivity contribution in [1.82, 2.24) is 14.8 Å². The molecule has 0 saturated heterocycles. The molecular weight excluding hydrogens is 278 g/mol. The fourth-order valence-electron chi connectivity index (χ4n) is 2.41. The maximum Gasteiger partial charge on any atom is 0.251 e. The third-order valence-electron chi connectivity index (χ3n) is 3.83. The highest BCUT2D eigenvalue weighted by Crippen LogP contribution is 2.22. The Hall–Kier alpha value is -2.69. The third kappa shape index (κ3) is 2.57. The normalized spacial score (nSPS) is 10.9. The zero-order valence-corrected chi connectivity index (χ0v) is 12.8. The van der Waals surface area contributed by atoms with Crippen LogP contribution in [0.2, 0.25) is 0 Å². The molecule has 22 heavy (non-hydrogen) atoms. The molecule has 1 aromatic carbocycles. The first-order valence-electron chi connectivity index (χ1n) is 7.06. The molecule has 5 heteroatoms. The molecule has 112 valence electrons. The van der Waals surface area contributed by atoms with Crippen molar-refractivity contribution in [1.29, 1.82) is 0 Å². The summed E-state index contributed by atoms with van der Waals surface area (Å²) in [4.78, 5) is 11.9. The lowest BCUT2D eigenvalue weighted by Gasteiger charge is -2.11. The molecule has 0 aliphatic rings. The number of ether oxygens (including phenoxy) is 1. The molecule has 0 aliphatic heterocycles. The molecule has 0 aliphatic carbocycles. The second-order valence-corrected chi connectivity index (χ2v) is 5.35. The van der Waals surface area contributed by atoms with Crippen molar-refractivity contribution in [3.63, 3.8) is 0 Å². The van der Waals surface area contributed by atoms with E-state index in [1.165, 1.54) is 0 Å². The standard InChI is InChI=1S/C17H17N3O2/c1-11-6-7-18-19-15(11)10-22-13-4-5-14-12(2)8-17(21)20(3)16(14)9-13/h4-9H,10H2,1-3H3. The topological polar surface area (TPSA) is 57.0 Å². The van der Waals surface area contributed by atoms with E-state index in [9.17, 15) is 4.79 Å². The van der Waals surface area contributed by atoms with Gasteiger partial charge < -0.3 is 9.30 Å². The van der Waals surface area contributed by atoms with Crippen LogP contribution in [0.5, 0.6) is 5.75 Å². The average molecular weight is 295 g/mol. The number of aryl methyl sites for hydroxylation is 3. The predicted molar refractivity (Wildman–Crippen MR) is 85.0 cm³/mol. The number of hydrogen-bond donors (Lipinski definition) is 0. The first-order chi connectivity index (χ1) is 10.6. The van der Waals surface area contributed by atoms with Gasteiger partial charge in [-0.3, -0.25) is 4.79 Å². The second kappa shape index (κ2) is 5.60. The molecule has 0 radical (unpaired) electrons. The number of fused-ring (bicyclic) bond motifs is 1. The van der Waals surface area contributed by atoms with Crippen molar-refractivity contribution in [2.45, 2.75) is 20.5 Å². The Balaban J connectivity index is 1.94. The molecule has 2 aromatic heterocycles. The van der Waals surface area contributed by atoms with E-state index in [4.69, 9.17) is 4.74 Å². The minimum absolute atomic E-state index is 0.0214. The molecule has 0 spiro atoms. The van der Waals surface area contributed by atoms with Crippen LogP contribution in [0.4, 0.5) is 0 Å². The first-order valence-corrected chi connectivity index (χ1v) is 7.06. The van der Waals surface area contributed by atoms with Gasteiger partial charge >= 0.3 is 0 Å². The van der Waals surface area contributed by atoms with Gasteiger partial charge in [-0.2, -0.15) is 10.2 Å². The SMILES string of the molecule is Cc1ccnnc1COc1ccc2c(C)cc(=O)n(C)c2c1. The number of pyridine rings is 1. The van der Waals surface area contributed by atoms with Crippen LogP contribution in [0.25, 0.3) is 10.9 Å². The highest BCUT2D eigenvalue weighted by Gasteiger charge is 2.06. The molecule has 3 rings (SSSR count). The van der Waals surface area contributed by atoms with Crippen LogP contribution in [0.3, 0.4) is 0 Å². The molecule has 0 atom stereocenters. The van der Waals surface area contributed by atoms with E-state index in [1.54, 1.807) is 23.9 Å². The largest absolute Gasteiger partial charge is 0.487 e. The summed E-state index contributed by atoms with van der Waals surface area (Å²) in [6.07, 6.45) is 1.66. The maximum atomic E-state index is 11.9. The van der Waals surface area contributed by atoms with Gasteiger partial charge in [0.2, 0.25) is 0 Å². The van der Waals surface area contributed by atoms with Gasteiger partial charge in [-0.25, -0.2) is 0 Å². The molecular formula is C17H17N3O2. The Morgan fingerprint density at radius 1 is 1.14 bits per heavy atom. The summed E-state index contributed by atoms with van der Waals surface area (Å²) in [6, 6.07) is 9.31. The molecule has 2 heterocycles. The van der Waals surface area contributed by atoms with Gasteiger partial charge in [0.05, 0.1) is 5.52 Å². The number of hydrogen-bond acceptors (Lipinski definition) is 4. The summed E-state index contributed by atoms with van der Waals surface area (Å²) in [6.45, 7) is 4.26. The summed E-state index contributed by atoms with van der Waals surface area (Å²) < 4.78 is 7.43. The smallest absolute Gasteiger partial charge is 0.251 e. The summed E-state index contributed by atoms with van der Waals surface area (Å²) in [5, 5.41) is 8.99.